The zero-order valence-electron chi connectivity index (χ0n) is 10.6. The summed E-state index contributed by atoms with van der Waals surface area (Å²) in [5.74, 6) is 1.32. The highest BCUT2D eigenvalue weighted by atomic mass is 16.5. The first-order valence-electron chi connectivity index (χ1n) is 6.17. The van der Waals surface area contributed by atoms with Gasteiger partial charge < -0.3 is 15.8 Å². The predicted octanol–water partition coefficient (Wildman–Crippen LogP) is 1.80. The SMILES string of the molecule is CCCOc1cncc(NC(C)CCCN)n1. The number of ether oxygens (including phenoxy) is 1. The topological polar surface area (TPSA) is 73.1 Å². The van der Waals surface area contributed by atoms with Crippen molar-refractivity contribution < 1.29 is 4.74 Å². The zero-order valence-corrected chi connectivity index (χ0v) is 10.6. The molecular weight excluding hydrogens is 216 g/mol. The molecule has 0 saturated heterocycles. The summed E-state index contributed by atoms with van der Waals surface area (Å²) < 4.78 is 5.42. The van der Waals surface area contributed by atoms with Gasteiger partial charge in [0.15, 0.2) is 0 Å². The second kappa shape index (κ2) is 7.84. The number of aromatic nitrogens is 2. The van der Waals surface area contributed by atoms with Gasteiger partial charge in [-0.05, 0) is 32.7 Å². The van der Waals surface area contributed by atoms with Crippen LogP contribution in [0.3, 0.4) is 0 Å². The van der Waals surface area contributed by atoms with Crippen LogP contribution >= 0.6 is 0 Å². The highest BCUT2D eigenvalue weighted by Gasteiger charge is 2.04. The summed E-state index contributed by atoms with van der Waals surface area (Å²) in [4.78, 5) is 8.43. The van der Waals surface area contributed by atoms with Gasteiger partial charge in [-0.3, -0.25) is 4.98 Å². The number of nitrogens with two attached hydrogens (primary N) is 1. The van der Waals surface area contributed by atoms with Gasteiger partial charge in [0.05, 0.1) is 19.0 Å². The number of nitrogens with one attached hydrogen (secondary N) is 1. The van der Waals surface area contributed by atoms with Crippen molar-refractivity contribution in [3.05, 3.63) is 12.4 Å². The quantitative estimate of drug-likeness (QED) is 0.722. The fourth-order valence-corrected chi connectivity index (χ4v) is 1.44. The number of nitrogens with zero attached hydrogens (tertiary/aromatic N) is 2. The van der Waals surface area contributed by atoms with Crippen molar-refractivity contribution in [1.29, 1.82) is 0 Å². The fourth-order valence-electron chi connectivity index (χ4n) is 1.44. The van der Waals surface area contributed by atoms with E-state index >= 15 is 0 Å². The second-order valence-corrected chi connectivity index (χ2v) is 4.07. The Morgan fingerprint density at radius 3 is 3.00 bits per heavy atom. The minimum Gasteiger partial charge on any atom is -0.477 e. The van der Waals surface area contributed by atoms with E-state index in [1.54, 1.807) is 12.4 Å². The van der Waals surface area contributed by atoms with E-state index in [1.807, 2.05) is 0 Å². The molecule has 0 aliphatic heterocycles. The van der Waals surface area contributed by atoms with Crippen molar-refractivity contribution in [1.82, 2.24) is 9.97 Å². The molecule has 96 valence electrons. The maximum absolute atomic E-state index is 5.47. The van der Waals surface area contributed by atoms with Crippen LogP contribution in [0, 0.1) is 0 Å². The maximum atomic E-state index is 5.47. The Balaban J connectivity index is 2.47. The molecule has 1 aromatic rings. The van der Waals surface area contributed by atoms with Gasteiger partial charge in [-0.25, -0.2) is 0 Å². The third kappa shape index (κ3) is 5.49. The summed E-state index contributed by atoms with van der Waals surface area (Å²) in [6.07, 6.45) is 6.33. The maximum Gasteiger partial charge on any atom is 0.234 e. The van der Waals surface area contributed by atoms with Gasteiger partial charge in [-0.1, -0.05) is 6.92 Å². The lowest BCUT2D eigenvalue weighted by atomic mass is 10.2. The lowest BCUT2D eigenvalue weighted by Gasteiger charge is -2.14. The first-order valence-corrected chi connectivity index (χ1v) is 6.17. The Morgan fingerprint density at radius 1 is 1.47 bits per heavy atom. The van der Waals surface area contributed by atoms with Gasteiger partial charge in [0.25, 0.3) is 0 Å². The highest BCUT2D eigenvalue weighted by molar-refractivity contribution is 5.34. The average molecular weight is 238 g/mol. The standard InChI is InChI=1S/C12H22N4O/c1-3-7-17-12-9-14-8-11(16-12)15-10(2)5-4-6-13/h8-10H,3-7,13H2,1-2H3,(H,15,16). The second-order valence-electron chi connectivity index (χ2n) is 4.07. The Hall–Kier alpha value is -1.36. The summed E-state index contributed by atoms with van der Waals surface area (Å²) in [7, 11) is 0. The molecule has 5 heteroatoms. The van der Waals surface area contributed by atoms with Crippen LogP contribution in [0.2, 0.25) is 0 Å². The van der Waals surface area contributed by atoms with E-state index in [-0.39, 0.29) is 0 Å². The van der Waals surface area contributed by atoms with Crippen LogP contribution < -0.4 is 15.8 Å². The van der Waals surface area contributed by atoms with Crippen molar-refractivity contribution >= 4 is 5.82 Å². The number of rotatable bonds is 8. The molecule has 1 unspecified atom stereocenters. The molecule has 0 saturated carbocycles. The van der Waals surface area contributed by atoms with Gasteiger partial charge in [-0.2, -0.15) is 4.98 Å². The molecule has 1 aromatic heterocycles. The molecule has 0 radical (unpaired) electrons. The summed E-state index contributed by atoms with van der Waals surface area (Å²) in [6.45, 7) is 5.56. The molecule has 5 nitrogen and oxygen atoms in total. The van der Waals surface area contributed by atoms with E-state index in [4.69, 9.17) is 10.5 Å². The van der Waals surface area contributed by atoms with Gasteiger partial charge in [0, 0.05) is 6.04 Å². The predicted molar refractivity (Wildman–Crippen MR) is 69.2 cm³/mol. The summed E-state index contributed by atoms with van der Waals surface area (Å²) in [5, 5.41) is 3.28. The van der Waals surface area contributed by atoms with Gasteiger partial charge in [0.1, 0.15) is 5.82 Å². The lowest BCUT2D eigenvalue weighted by molar-refractivity contribution is 0.304. The molecular formula is C12H22N4O. The van der Waals surface area contributed by atoms with E-state index in [0.717, 1.165) is 31.6 Å². The van der Waals surface area contributed by atoms with Gasteiger partial charge in [-0.15, -0.1) is 0 Å². The van der Waals surface area contributed by atoms with Crippen LogP contribution in [-0.4, -0.2) is 29.2 Å². The molecule has 0 aliphatic rings. The summed E-state index contributed by atoms with van der Waals surface area (Å²) >= 11 is 0. The third-order valence-electron chi connectivity index (χ3n) is 2.30. The van der Waals surface area contributed by atoms with E-state index < -0.39 is 0 Å². The van der Waals surface area contributed by atoms with Crippen LogP contribution in [-0.2, 0) is 0 Å². The molecule has 17 heavy (non-hydrogen) atoms. The smallest absolute Gasteiger partial charge is 0.234 e. The normalized spacial score (nSPS) is 12.2. The Bertz CT molecular complexity index is 319. The van der Waals surface area contributed by atoms with E-state index in [9.17, 15) is 0 Å². The monoisotopic (exact) mass is 238 g/mol. The van der Waals surface area contributed by atoms with Crippen molar-refractivity contribution in [2.45, 2.75) is 39.2 Å². The molecule has 0 bridgehead atoms. The van der Waals surface area contributed by atoms with Gasteiger partial charge >= 0.3 is 0 Å². The van der Waals surface area contributed by atoms with Crippen molar-refractivity contribution in [2.75, 3.05) is 18.5 Å². The van der Waals surface area contributed by atoms with E-state index in [0.29, 0.717) is 18.5 Å². The minimum atomic E-state index is 0.342. The number of anilines is 1. The highest BCUT2D eigenvalue weighted by Crippen LogP contribution is 2.11. The van der Waals surface area contributed by atoms with Crippen molar-refractivity contribution in [3.8, 4) is 5.88 Å². The molecule has 0 amide bonds. The fraction of sp³-hybridized carbons (Fsp3) is 0.667. The molecule has 0 spiro atoms. The third-order valence-corrected chi connectivity index (χ3v) is 2.30. The van der Waals surface area contributed by atoms with Crippen molar-refractivity contribution in [2.24, 2.45) is 5.73 Å². The number of hydrogen-bond acceptors (Lipinski definition) is 5. The van der Waals surface area contributed by atoms with E-state index in [1.165, 1.54) is 0 Å². The molecule has 1 heterocycles. The van der Waals surface area contributed by atoms with Crippen LogP contribution in [0.1, 0.15) is 33.1 Å². The summed E-state index contributed by atoms with van der Waals surface area (Å²) in [5.41, 5.74) is 5.47. The molecule has 0 aliphatic carbocycles. The first-order chi connectivity index (χ1) is 8.26. The molecule has 0 fully saturated rings. The zero-order chi connectivity index (χ0) is 12.5. The lowest BCUT2D eigenvalue weighted by Crippen LogP contribution is -2.17. The van der Waals surface area contributed by atoms with Crippen LogP contribution in [0.25, 0.3) is 0 Å². The Labute approximate surface area is 103 Å². The molecule has 3 N–H and O–H groups in total. The first kappa shape index (κ1) is 13.7. The average Bonchev–Trinajstić information content (AvgIpc) is 2.34. The molecule has 0 aromatic carbocycles. The van der Waals surface area contributed by atoms with E-state index in [2.05, 4.69) is 29.1 Å². The molecule has 1 atom stereocenters. The Kier molecular flexibility index (Phi) is 6.32. The summed E-state index contributed by atoms with van der Waals surface area (Å²) in [6, 6.07) is 0.342. The van der Waals surface area contributed by atoms with Crippen LogP contribution in [0.15, 0.2) is 12.4 Å². The van der Waals surface area contributed by atoms with Crippen LogP contribution in [0.5, 0.6) is 5.88 Å². The number of hydrogen-bond donors (Lipinski definition) is 2. The molecule has 1 rings (SSSR count). The Morgan fingerprint density at radius 2 is 2.29 bits per heavy atom. The minimum absolute atomic E-state index is 0.342. The van der Waals surface area contributed by atoms with Crippen LogP contribution in [0.4, 0.5) is 5.82 Å². The largest absolute Gasteiger partial charge is 0.477 e. The van der Waals surface area contributed by atoms with Gasteiger partial charge in [0.2, 0.25) is 5.88 Å². The van der Waals surface area contributed by atoms with Crippen molar-refractivity contribution in [3.63, 3.8) is 0 Å².